The van der Waals surface area contributed by atoms with Gasteiger partial charge in [-0.2, -0.15) is 0 Å². The molecule has 26 rings (SSSR count). The monoisotopic (exact) mass is 1670 g/mol. The summed E-state index contributed by atoms with van der Waals surface area (Å²) >= 11 is 3.57. The largest absolute Gasteiger partial charge is 0.536 e. The van der Waals surface area contributed by atoms with E-state index in [9.17, 15) is 0 Å². The summed E-state index contributed by atoms with van der Waals surface area (Å²) in [6, 6.07) is 129. The minimum absolute atomic E-state index is 0.0876. The van der Waals surface area contributed by atoms with Crippen LogP contribution in [0, 0.1) is 6.92 Å². The van der Waals surface area contributed by atoms with Crippen LogP contribution in [0.3, 0.4) is 0 Å². The standard InChI is InChI=1S/C42H26BN3O.C26H35OP.C25H17N.C18H11BBrNO/c1-6-16-35-29(11-1)30-12-5-10-20-40(30)46-41-26-28(22-24-42(41)47-43(35)46)45-38-19-9-4-15-33(38)34-25-27(21-23-39(34)45)44-36-17-7-2-13-31(36)32-14-3-8-18-37(32)44;1-20-12-11-18-24(27-2)26(20)23-17-9-10-19-25(23)28(21-13-5-3-6-14-21)22-15-7-4-8-16-22;1-2-8-20-17(7-1)15-18-13-14-19(16-23(18)20)26-24-11-5-3-9-21(24)22-10-4-6-12-25(22)26;20-12-9-10-18-17(11-12)21-16-8-4-2-6-14(16)13-5-1-3-7-15(13)19(21)22-18/h1-26H;9-12,17-19,21-22H,3-8,13-16H2,1-2H3;1-14,16H,15H2;1-11H. The summed E-state index contributed by atoms with van der Waals surface area (Å²) in [5, 5.41) is 9.28. The fraction of sp³-hybridized carbons (Fsp3) is 0.135. The number of para-hydroxylation sites is 7. The van der Waals surface area contributed by atoms with Crippen LogP contribution in [0.1, 0.15) is 80.9 Å². The first-order chi connectivity index (χ1) is 60.8. The highest BCUT2D eigenvalue weighted by atomic mass is 79.9. The maximum absolute atomic E-state index is 6.68. The first-order valence-corrected chi connectivity index (χ1v) is 46.1. The maximum Gasteiger partial charge on any atom is 0.524 e. The minimum Gasteiger partial charge on any atom is -0.536 e. The van der Waals surface area contributed by atoms with Gasteiger partial charge in [-0.3, -0.25) is 0 Å². The molecular weight excluding hydrogens is 1580 g/mol. The Morgan fingerprint density at radius 1 is 0.325 bits per heavy atom. The zero-order valence-corrected chi connectivity index (χ0v) is 71.4. The van der Waals surface area contributed by atoms with Gasteiger partial charge in [-0.05, 0) is 226 Å². The summed E-state index contributed by atoms with van der Waals surface area (Å²) in [5.74, 6) is 2.86. The van der Waals surface area contributed by atoms with E-state index in [4.69, 9.17) is 14.0 Å². The van der Waals surface area contributed by atoms with Crippen molar-refractivity contribution in [2.45, 2.75) is 88.9 Å². The number of rotatable bonds is 8. The van der Waals surface area contributed by atoms with Crippen molar-refractivity contribution >= 4 is 142 Å². The van der Waals surface area contributed by atoms with Gasteiger partial charge in [-0.15, -0.1) is 0 Å². The quantitative estimate of drug-likeness (QED) is 0.112. The lowest BCUT2D eigenvalue weighted by Gasteiger charge is -2.39. The average molecular weight is 1670 g/mol. The Balaban J connectivity index is 0.0000000999. The van der Waals surface area contributed by atoms with Gasteiger partial charge in [0, 0.05) is 81.9 Å². The van der Waals surface area contributed by atoms with Crippen LogP contribution in [-0.4, -0.2) is 46.2 Å². The zero-order chi connectivity index (χ0) is 81.8. The fourth-order valence-corrected chi connectivity index (χ4v) is 25.8. The van der Waals surface area contributed by atoms with Gasteiger partial charge < -0.3 is 37.4 Å². The summed E-state index contributed by atoms with van der Waals surface area (Å²) in [6.45, 7) is 2.23. The molecule has 123 heavy (non-hydrogen) atoms. The lowest BCUT2D eigenvalue weighted by Crippen LogP contribution is -2.50. The number of aromatic nitrogens is 3. The number of halogens is 1. The lowest BCUT2D eigenvalue weighted by atomic mass is 9.65. The molecule has 16 aromatic carbocycles. The number of hydrogen-bond donors (Lipinski definition) is 0. The van der Waals surface area contributed by atoms with Crippen LogP contribution in [-0.2, 0) is 6.42 Å². The number of aryl methyl sites for hydroxylation is 1. The maximum atomic E-state index is 6.68. The van der Waals surface area contributed by atoms with Gasteiger partial charge in [0.15, 0.2) is 0 Å². The second-order valence-electron chi connectivity index (χ2n) is 33.8. The Morgan fingerprint density at radius 2 is 0.732 bits per heavy atom. The molecule has 0 N–H and O–H groups in total. The molecule has 0 radical (unpaired) electrons. The molecular formula is C111H89B2BrN5O3P. The van der Waals surface area contributed by atoms with Crippen LogP contribution in [0.15, 0.2) is 362 Å². The summed E-state index contributed by atoms with van der Waals surface area (Å²) in [6.07, 6.45) is 15.5. The number of methoxy groups -OCH3 is 1. The highest BCUT2D eigenvalue weighted by molar-refractivity contribution is 9.10. The van der Waals surface area contributed by atoms with Gasteiger partial charge in [-0.1, -0.05) is 305 Å². The number of fused-ring (bicyclic) bond motifs is 28. The highest BCUT2D eigenvalue weighted by Gasteiger charge is 2.47. The molecule has 0 saturated heterocycles. The van der Waals surface area contributed by atoms with E-state index in [2.05, 4.69) is 392 Å². The van der Waals surface area contributed by atoms with Crippen molar-refractivity contribution in [3.05, 3.63) is 379 Å². The van der Waals surface area contributed by atoms with Crippen molar-refractivity contribution in [3.8, 4) is 78.8 Å². The topological polar surface area (TPSA) is 49.0 Å². The number of nitrogens with zero attached hydrogens (tertiary/aromatic N) is 5. The second kappa shape index (κ2) is 31.4. The molecule has 19 aromatic rings. The Bertz CT molecular complexity index is 7260. The molecule has 7 aliphatic rings. The van der Waals surface area contributed by atoms with Gasteiger partial charge in [0.2, 0.25) is 0 Å². The highest BCUT2D eigenvalue weighted by Crippen LogP contribution is 2.58. The van der Waals surface area contributed by atoms with Crippen LogP contribution in [0.4, 0.5) is 22.7 Å². The molecule has 594 valence electrons. The van der Waals surface area contributed by atoms with Crippen molar-refractivity contribution in [1.82, 2.24) is 13.7 Å². The van der Waals surface area contributed by atoms with Gasteiger partial charge in [0.1, 0.15) is 17.2 Å². The molecule has 0 unspecified atom stereocenters. The van der Waals surface area contributed by atoms with E-state index in [1.807, 2.05) is 19.2 Å². The van der Waals surface area contributed by atoms with Gasteiger partial charge >= 0.3 is 14.1 Å². The van der Waals surface area contributed by atoms with Crippen LogP contribution in [0.2, 0.25) is 0 Å². The van der Waals surface area contributed by atoms with Crippen LogP contribution < -0.4 is 39.9 Å². The summed E-state index contributed by atoms with van der Waals surface area (Å²) in [4.78, 5) is 4.66. The van der Waals surface area contributed by atoms with Crippen LogP contribution in [0.5, 0.6) is 17.2 Å². The molecule has 3 aromatic heterocycles. The first-order valence-electron chi connectivity index (χ1n) is 43.8. The van der Waals surface area contributed by atoms with Crippen molar-refractivity contribution in [2.75, 3.05) is 16.7 Å². The Labute approximate surface area is 728 Å². The molecule has 7 heterocycles. The average Bonchev–Trinajstić information content (AvgIpc) is 1.59. The van der Waals surface area contributed by atoms with E-state index >= 15 is 0 Å². The van der Waals surface area contributed by atoms with E-state index in [0.717, 1.165) is 62.2 Å². The van der Waals surface area contributed by atoms with E-state index in [0.29, 0.717) is 0 Å². The SMILES string of the molecule is Brc1ccc2c(c1)N1B(O2)c2ccccc2-c2ccccc21.COc1cccc(C)c1-c1ccccc1P(C1CCCCC1)C1CCCCC1.c1ccc2c(c1)B1Oc3ccc(-n4c5ccccc5c5cc(-n6c7ccccc7c7ccccc76)ccc54)cc3N1c1ccccc1-2.c1ccc2c(c1)Cc1ccc(-n3c4ccccc4c4ccccc43)cc1-2. The Kier molecular flexibility index (Phi) is 19.2. The summed E-state index contributed by atoms with van der Waals surface area (Å²) in [5.41, 5.74) is 34.3. The zero-order valence-electron chi connectivity index (χ0n) is 68.9. The Hall–Kier alpha value is -13.0. The van der Waals surface area contributed by atoms with Crippen molar-refractivity contribution in [3.63, 3.8) is 0 Å². The normalized spacial score (nSPS) is 14.5. The van der Waals surface area contributed by atoms with Crippen LogP contribution >= 0.6 is 23.9 Å². The van der Waals surface area contributed by atoms with Gasteiger partial charge in [-0.25, -0.2) is 0 Å². The smallest absolute Gasteiger partial charge is 0.524 e. The lowest BCUT2D eigenvalue weighted by molar-refractivity contribution is 0.416. The van der Waals surface area contributed by atoms with Crippen molar-refractivity contribution in [1.29, 1.82) is 0 Å². The third-order valence-corrected chi connectivity index (χ3v) is 31.0. The van der Waals surface area contributed by atoms with E-state index in [-0.39, 0.29) is 22.0 Å². The molecule has 2 saturated carbocycles. The predicted molar refractivity (Wildman–Crippen MR) is 522 cm³/mol. The Morgan fingerprint density at radius 3 is 1.28 bits per heavy atom. The third-order valence-electron chi connectivity index (χ3n) is 26.9. The summed E-state index contributed by atoms with van der Waals surface area (Å²) in [7, 11) is 1.41. The number of hydrogen-bond acceptors (Lipinski definition) is 5. The van der Waals surface area contributed by atoms with Gasteiger partial charge in [0.25, 0.3) is 0 Å². The second-order valence-corrected chi connectivity index (χ2v) is 37.5. The van der Waals surface area contributed by atoms with Crippen molar-refractivity contribution in [2.24, 2.45) is 0 Å². The molecule has 2 fully saturated rings. The fourth-order valence-electron chi connectivity index (χ4n) is 21.5. The van der Waals surface area contributed by atoms with E-state index in [1.54, 1.807) is 5.30 Å². The molecule has 4 aliphatic heterocycles. The molecule has 0 atom stereocenters. The molecule has 0 amide bonds. The van der Waals surface area contributed by atoms with Crippen LogP contribution in [0.25, 0.3) is 127 Å². The van der Waals surface area contributed by atoms with E-state index in [1.165, 1.54) is 219 Å². The van der Waals surface area contributed by atoms with Crippen molar-refractivity contribution < 1.29 is 14.0 Å². The molecule has 12 heteroatoms. The number of anilines is 4. The van der Waals surface area contributed by atoms with E-state index < -0.39 is 0 Å². The van der Waals surface area contributed by atoms with Gasteiger partial charge in [0.05, 0.1) is 51.6 Å². The first kappa shape index (κ1) is 75.0. The predicted octanol–water partition coefficient (Wildman–Crippen LogP) is 27.9. The summed E-state index contributed by atoms with van der Waals surface area (Å²) < 4.78 is 27.0. The number of ether oxygens (including phenoxy) is 1. The molecule has 0 bridgehead atoms. The third kappa shape index (κ3) is 12.8. The molecule has 0 spiro atoms. The number of benzene rings is 16. The molecule has 3 aliphatic carbocycles. The molecule has 8 nitrogen and oxygen atoms in total. The minimum atomic E-state index is -0.196.